The maximum atomic E-state index is 10.3. The highest BCUT2D eigenvalue weighted by Crippen LogP contribution is 2.20. The topological polar surface area (TPSA) is 77.2 Å². The van der Waals surface area contributed by atoms with Gasteiger partial charge in [0.05, 0.1) is 11.5 Å². The van der Waals surface area contributed by atoms with E-state index in [2.05, 4.69) is 31.1 Å². The van der Waals surface area contributed by atoms with Crippen LogP contribution in [-0.4, -0.2) is 35.7 Å². The number of aliphatic hydroxyl groups is 1. The first-order valence-corrected chi connectivity index (χ1v) is 12.8. The van der Waals surface area contributed by atoms with Gasteiger partial charge >= 0.3 is 0 Å². The molecular weight excluding hydrogens is 434 g/mol. The number of phenolic OH excluding ortho intramolecular Hbond substituents is 1. The van der Waals surface area contributed by atoms with Crippen LogP contribution in [0.3, 0.4) is 0 Å². The molecule has 0 amide bonds. The Morgan fingerprint density at radius 1 is 1.06 bits per heavy atom. The number of para-hydroxylation sites is 1. The van der Waals surface area contributed by atoms with E-state index >= 15 is 0 Å². The van der Waals surface area contributed by atoms with E-state index < -0.39 is 0 Å². The molecule has 1 atom stereocenters. The summed E-state index contributed by atoms with van der Waals surface area (Å²) in [7, 11) is 1.75. The van der Waals surface area contributed by atoms with Crippen molar-refractivity contribution in [3.63, 3.8) is 0 Å². The summed E-state index contributed by atoms with van der Waals surface area (Å²) in [4.78, 5) is 8.86. The average molecular weight is 484 g/mol. The zero-order valence-electron chi connectivity index (χ0n) is 23.6. The Bertz CT molecular complexity index is 904. The van der Waals surface area contributed by atoms with Crippen molar-refractivity contribution in [1.82, 2.24) is 5.32 Å². The lowest BCUT2D eigenvalue weighted by molar-refractivity contribution is 0.405. The molecule has 1 rings (SSSR count). The quantitative estimate of drug-likeness (QED) is 0.207. The number of rotatable bonds is 12. The third kappa shape index (κ3) is 13.6. The number of allylic oxidation sites excluding steroid dienone is 6. The number of hydrogen-bond acceptors (Lipinski definition) is 5. The van der Waals surface area contributed by atoms with Gasteiger partial charge in [-0.3, -0.25) is 9.98 Å². The van der Waals surface area contributed by atoms with Crippen LogP contribution in [-0.2, 0) is 0 Å². The smallest absolute Gasteiger partial charge is 0.124 e. The Labute approximate surface area is 214 Å². The Kier molecular flexibility index (Phi) is 17.0. The fourth-order valence-electron chi connectivity index (χ4n) is 3.18. The van der Waals surface area contributed by atoms with Gasteiger partial charge < -0.3 is 15.5 Å². The van der Waals surface area contributed by atoms with Crippen molar-refractivity contribution < 1.29 is 10.2 Å². The first-order valence-electron chi connectivity index (χ1n) is 12.8. The van der Waals surface area contributed by atoms with Gasteiger partial charge in [0.2, 0.25) is 0 Å². The second-order valence-electron chi connectivity index (χ2n) is 9.01. The highest BCUT2D eigenvalue weighted by molar-refractivity contribution is 6.11. The molecule has 5 heteroatoms. The molecule has 196 valence electrons. The normalized spacial score (nSPS) is 14.7. The van der Waals surface area contributed by atoms with E-state index in [0.29, 0.717) is 11.7 Å². The zero-order chi connectivity index (χ0) is 26.8. The van der Waals surface area contributed by atoms with Crippen molar-refractivity contribution in [3.8, 4) is 5.75 Å². The molecule has 35 heavy (non-hydrogen) atoms. The van der Waals surface area contributed by atoms with Crippen molar-refractivity contribution in [2.75, 3.05) is 13.6 Å². The minimum atomic E-state index is 0.231. The Morgan fingerprint density at radius 3 is 2.20 bits per heavy atom. The predicted molar refractivity (Wildman–Crippen MR) is 154 cm³/mol. The van der Waals surface area contributed by atoms with Gasteiger partial charge in [-0.15, -0.1) is 0 Å². The molecule has 0 saturated heterocycles. The maximum Gasteiger partial charge on any atom is 0.124 e. The molecule has 3 N–H and O–H groups in total. The Balaban J connectivity index is 0.00000143. The van der Waals surface area contributed by atoms with Crippen LogP contribution in [0.1, 0.15) is 93.1 Å². The van der Waals surface area contributed by atoms with Crippen LogP contribution >= 0.6 is 0 Å². The molecule has 0 bridgehead atoms. The number of unbranched alkanes of at least 4 members (excludes halogenated alkanes) is 1. The highest BCUT2D eigenvalue weighted by Gasteiger charge is 2.09. The van der Waals surface area contributed by atoms with Crippen molar-refractivity contribution >= 4 is 11.9 Å². The van der Waals surface area contributed by atoms with E-state index in [0.717, 1.165) is 46.8 Å². The number of aromatic hydroxyl groups is 1. The summed E-state index contributed by atoms with van der Waals surface area (Å²) in [5.41, 5.74) is 5.46. The van der Waals surface area contributed by atoms with Gasteiger partial charge in [-0.05, 0) is 82.7 Å². The molecule has 1 aromatic carbocycles. The SMILES string of the molecule is CC/C(C)=C(/C)O.CCCCC(CC)CN/C(C)=C/C(=N/C(C)=C(\C)C=NC)c1ccccc1O. The molecule has 0 aliphatic rings. The second-order valence-corrected chi connectivity index (χ2v) is 9.01. The minimum Gasteiger partial charge on any atom is -0.513 e. The fourth-order valence-corrected chi connectivity index (χ4v) is 3.18. The zero-order valence-corrected chi connectivity index (χ0v) is 23.6. The predicted octanol–water partition coefficient (Wildman–Crippen LogP) is 8.13. The minimum absolute atomic E-state index is 0.231. The number of hydrogen-bond donors (Lipinski definition) is 3. The van der Waals surface area contributed by atoms with Crippen molar-refractivity contribution in [2.24, 2.45) is 15.9 Å². The summed E-state index contributed by atoms with van der Waals surface area (Å²) in [6, 6.07) is 7.32. The molecule has 0 saturated carbocycles. The number of nitrogens with one attached hydrogen (secondary N) is 1. The van der Waals surface area contributed by atoms with Crippen LogP contribution in [0.25, 0.3) is 0 Å². The molecule has 0 spiro atoms. The van der Waals surface area contributed by atoms with Crippen LogP contribution in [0.5, 0.6) is 5.75 Å². The Hall–Kier alpha value is -2.82. The summed E-state index contributed by atoms with van der Waals surface area (Å²) >= 11 is 0. The fraction of sp³-hybridized carbons (Fsp3) is 0.533. The van der Waals surface area contributed by atoms with Gasteiger partial charge in [0.25, 0.3) is 0 Å². The molecule has 5 nitrogen and oxygen atoms in total. The first-order chi connectivity index (χ1) is 16.6. The van der Waals surface area contributed by atoms with Gasteiger partial charge in [0, 0.05) is 36.8 Å². The van der Waals surface area contributed by atoms with E-state index in [1.54, 1.807) is 26.3 Å². The maximum absolute atomic E-state index is 10.3. The molecular formula is C30H49N3O2. The monoisotopic (exact) mass is 483 g/mol. The number of aliphatic hydroxyl groups excluding tert-OH is 1. The van der Waals surface area contributed by atoms with Gasteiger partial charge in [-0.2, -0.15) is 0 Å². The van der Waals surface area contributed by atoms with Crippen molar-refractivity contribution in [1.29, 1.82) is 0 Å². The molecule has 0 aliphatic carbocycles. The van der Waals surface area contributed by atoms with E-state index in [4.69, 9.17) is 10.1 Å². The van der Waals surface area contributed by atoms with Gasteiger partial charge in [0.1, 0.15) is 5.75 Å². The Morgan fingerprint density at radius 2 is 1.71 bits per heavy atom. The summed E-state index contributed by atoms with van der Waals surface area (Å²) < 4.78 is 0. The van der Waals surface area contributed by atoms with Gasteiger partial charge in [0.15, 0.2) is 0 Å². The molecule has 1 aromatic rings. The van der Waals surface area contributed by atoms with Crippen molar-refractivity contribution in [2.45, 2.75) is 87.5 Å². The molecule has 0 heterocycles. The largest absolute Gasteiger partial charge is 0.513 e. The van der Waals surface area contributed by atoms with Crippen LogP contribution in [0.15, 0.2) is 68.6 Å². The molecule has 0 aromatic heterocycles. The average Bonchev–Trinajstić information content (AvgIpc) is 2.84. The van der Waals surface area contributed by atoms with Crippen LogP contribution in [0.2, 0.25) is 0 Å². The number of phenols is 1. The van der Waals surface area contributed by atoms with Gasteiger partial charge in [-0.25, -0.2) is 0 Å². The van der Waals surface area contributed by atoms with Gasteiger partial charge in [-0.1, -0.05) is 52.2 Å². The van der Waals surface area contributed by atoms with Crippen LogP contribution < -0.4 is 5.32 Å². The summed E-state index contributed by atoms with van der Waals surface area (Å²) in [6.07, 6.45) is 9.71. The number of aliphatic imine (C=N–C) groups is 2. The third-order valence-corrected chi connectivity index (χ3v) is 6.08. The lowest BCUT2D eigenvalue weighted by atomic mass is 9.99. The van der Waals surface area contributed by atoms with Crippen LogP contribution in [0.4, 0.5) is 0 Å². The lowest BCUT2D eigenvalue weighted by Crippen LogP contribution is -2.21. The number of benzene rings is 1. The molecule has 1 unspecified atom stereocenters. The third-order valence-electron chi connectivity index (χ3n) is 6.08. The molecule has 0 fully saturated rings. The standard InChI is InChI=1S/C24H37N3O.C6H12O/c1-7-9-12-21(8-2)17-26-19(4)15-23(22-13-10-11-14-24(22)28)27-20(5)18(3)16-25-6;1-4-5(2)6(3)7/h10-11,13-16,21,26,28H,7-9,12,17H2,1-6H3;7H,4H2,1-3H3/b19-15+,20-18+,25-16?,27-23-;6-5-. The van der Waals surface area contributed by atoms with Crippen molar-refractivity contribution in [3.05, 3.63) is 64.2 Å². The molecule has 0 radical (unpaired) electrons. The van der Waals surface area contributed by atoms with E-state index in [1.165, 1.54) is 25.7 Å². The summed E-state index contributed by atoms with van der Waals surface area (Å²) in [5, 5.41) is 22.6. The van der Waals surface area contributed by atoms with E-state index in [9.17, 15) is 5.11 Å². The lowest BCUT2D eigenvalue weighted by Gasteiger charge is -2.17. The second kappa shape index (κ2) is 18.5. The highest BCUT2D eigenvalue weighted by atomic mass is 16.3. The van der Waals surface area contributed by atoms with E-state index in [-0.39, 0.29) is 5.75 Å². The summed E-state index contributed by atoms with van der Waals surface area (Å²) in [5.74, 6) is 1.37. The van der Waals surface area contributed by atoms with E-state index in [1.807, 2.05) is 52.0 Å². The number of nitrogens with zero attached hydrogens (tertiary/aromatic N) is 2. The first kappa shape index (κ1) is 32.2. The summed E-state index contributed by atoms with van der Waals surface area (Å²) in [6.45, 7) is 17.1. The molecule has 0 aliphatic heterocycles. The van der Waals surface area contributed by atoms with Crippen LogP contribution in [0, 0.1) is 5.92 Å².